The molecule has 0 amide bonds. The summed E-state index contributed by atoms with van der Waals surface area (Å²) in [5.41, 5.74) is 4.79. The number of hydrogen-bond donors (Lipinski definition) is 1. The molecular formula is C17H28N2O2. The Morgan fingerprint density at radius 1 is 1.19 bits per heavy atom. The van der Waals surface area contributed by atoms with Crippen LogP contribution in [0.15, 0.2) is 18.2 Å². The zero-order chi connectivity index (χ0) is 15.2. The van der Waals surface area contributed by atoms with Gasteiger partial charge in [0.25, 0.3) is 0 Å². The molecule has 1 heterocycles. The molecule has 2 rings (SSSR count). The Morgan fingerprint density at radius 3 is 2.52 bits per heavy atom. The van der Waals surface area contributed by atoms with Gasteiger partial charge in [-0.3, -0.25) is 5.43 Å². The molecular weight excluding hydrogens is 264 g/mol. The first-order valence-corrected chi connectivity index (χ1v) is 7.97. The summed E-state index contributed by atoms with van der Waals surface area (Å²) in [6.45, 7) is 8.03. The fourth-order valence-corrected chi connectivity index (χ4v) is 3.01. The maximum atomic E-state index is 5.56. The van der Waals surface area contributed by atoms with Gasteiger partial charge in [-0.05, 0) is 51.3 Å². The van der Waals surface area contributed by atoms with Crippen LogP contribution in [-0.4, -0.2) is 30.8 Å². The molecule has 4 heteroatoms. The SMILES string of the molecule is CCOc1ccc(CNN2C(C)CCCC2C)cc1OC. The number of benzene rings is 1. The Kier molecular flexibility index (Phi) is 5.88. The fraction of sp³-hybridized carbons (Fsp3) is 0.647. The molecule has 21 heavy (non-hydrogen) atoms. The van der Waals surface area contributed by atoms with Crippen LogP contribution in [0.4, 0.5) is 0 Å². The first-order valence-electron chi connectivity index (χ1n) is 7.97. The zero-order valence-electron chi connectivity index (χ0n) is 13.7. The standard InChI is InChI=1S/C17H28N2O2/c1-5-21-16-10-9-15(11-17(16)20-4)12-18-19-13(2)7-6-8-14(19)3/h9-11,13-14,18H,5-8,12H2,1-4H3. The molecule has 1 aromatic carbocycles. The maximum absolute atomic E-state index is 5.56. The largest absolute Gasteiger partial charge is 0.493 e. The number of methoxy groups -OCH3 is 1. The second-order valence-electron chi connectivity index (χ2n) is 5.79. The van der Waals surface area contributed by atoms with E-state index in [0.717, 1.165) is 18.0 Å². The number of nitrogens with zero attached hydrogens (tertiary/aromatic N) is 1. The Hall–Kier alpha value is -1.26. The van der Waals surface area contributed by atoms with Crippen molar-refractivity contribution in [1.29, 1.82) is 0 Å². The van der Waals surface area contributed by atoms with Crippen LogP contribution in [0.2, 0.25) is 0 Å². The third-order valence-electron chi connectivity index (χ3n) is 4.19. The van der Waals surface area contributed by atoms with Crippen LogP contribution in [0, 0.1) is 0 Å². The minimum Gasteiger partial charge on any atom is -0.493 e. The molecule has 1 aliphatic rings. The number of hydrogen-bond acceptors (Lipinski definition) is 4. The van der Waals surface area contributed by atoms with E-state index in [1.54, 1.807) is 7.11 Å². The van der Waals surface area contributed by atoms with Crippen molar-refractivity contribution in [3.05, 3.63) is 23.8 Å². The third kappa shape index (κ3) is 4.11. The maximum Gasteiger partial charge on any atom is 0.161 e. The average molecular weight is 292 g/mol. The van der Waals surface area contributed by atoms with Crippen molar-refractivity contribution in [2.75, 3.05) is 13.7 Å². The lowest BCUT2D eigenvalue weighted by Crippen LogP contribution is -2.51. The van der Waals surface area contributed by atoms with Crippen LogP contribution in [-0.2, 0) is 6.54 Å². The predicted octanol–water partition coefficient (Wildman–Crippen LogP) is 3.36. The Bertz CT molecular complexity index is 440. The van der Waals surface area contributed by atoms with E-state index in [1.165, 1.54) is 24.8 Å². The van der Waals surface area contributed by atoms with Crippen molar-refractivity contribution < 1.29 is 9.47 Å². The van der Waals surface area contributed by atoms with E-state index >= 15 is 0 Å². The van der Waals surface area contributed by atoms with Gasteiger partial charge in [0.05, 0.1) is 13.7 Å². The van der Waals surface area contributed by atoms with Gasteiger partial charge in [0.2, 0.25) is 0 Å². The van der Waals surface area contributed by atoms with Crippen LogP contribution in [0.5, 0.6) is 11.5 Å². The number of rotatable bonds is 6. The molecule has 2 atom stereocenters. The van der Waals surface area contributed by atoms with Crippen molar-refractivity contribution >= 4 is 0 Å². The summed E-state index contributed by atoms with van der Waals surface area (Å²) in [6, 6.07) is 7.33. The van der Waals surface area contributed by atoms with E-state index < -0.39 is 0 Å². The van der Waals surface area contributed by atoms with E-state index in [2.05, 4.69) is 36.4 Å². The normalized spacial score (nSPS) is 23.0. The van der Waals surface area contributed by atoms with E-state index in [4.69, 9.17) is 9.47 Å². The number of piperidine rings is 1. The van der Waals surface area contributed by atoms with Gasteiger partial charge in [-0.15, -0.1) is 0 Å². The van der Waals surface area contributed by atoms with Crippen molar-refractivity contribution in [2.45, 2.75) is 58.7 Å². The monoisotopic (exact) mass is 292 g/mol. The van der Waals surface area contributed by atoms with Gasteiger partial charge in [-0.2, -0.15) is 0 Å². The summed E-state index contributed by atoms with van der Waals surface area (Å²) in [7, 11) is 1.68. The van der Waals surface area contributed by atoms with Crippen LogP contribution in [0.25, 0.3) is 0 Å². The Balaban J connectivity index is 1.99. The molecule has 1 aromatic rings. The van der Waals surface area contributed by atoms with Crippen molar-refractivity contribution in [2.24, 2.45) is 0 Å². The van der Waals surface area contributed by atoms with Gasteiger partial charge < -0.3 is 9.47 Å². The highest BCUT2D eigenvalue weighted by Crippen LogP contribution is 2.28. The average Bonchev–Trinajstić information content (AvgIpc) is 2.48. The van der Waals surface area contributed by atoms with E-state index in [9.17, 15) is 0 Å². The number of ether oxygens (including phenoxy) is 2. The molecule has 0 aromatic heterocycles. The summed E-state index contributed by atoms with van der Waals surface area (Å²) < 4.78 is 11.0. The van der Waals surface area contributed by atoms with Gasteiger partial charge in [0.1, 0.15) is 0 Å². The molecule has 0 spiro atoms. The number of nitrogens with one attached hydrogen (secondary N) is 1. The summed E-state index contributed by atoms with van der Waals surface area (Å²) in [6.07, 6.45) is 3.87. The van der Waals surface area contributed by atoms with Crippen LogP contribution in [0.3, 0.4) is 0 Å². The quantitative estimate of drug-likeness (QED) is 0.871. The van der Waals surface area contributed by atoms with Crippen molar-refractivity contribution in [1.82, 2.24) is 10.4 Å². The Morgan fingerprint density at radius 2 is 1.90 bits per heavy atom. The molecule has 4 nitrogen and oxygen atoms in total. The molecule has 1 saturated heterocycles. The minimum absolute atomic E-state index is 0.596. The van der Waals surface area contributed by atoms with E-state index in [0.29, 0.717) is 18.7 Å². The second kappa shape index (κ2) is 7.66. The molecule has 2 unspecified atom stereocenters. The minimum atomic E-state index is 0.596. The highest BCUT2D eigenvalue weighted by atomic mass is 16.5. The van der Waals surface area contributed by atoms with Crippen LogP contribution >= 0.6 is 0 Å². The first-order chi connectivity index (χ1) is 10.2. The predicted molar refractivity (Wildman–Crippen MR) is 85.6 cm³/mol. The number of hydrazine groups is 1. The molecule has 0 radical (unpaired) electrons. The topological polar surface area (TPSA) is 33.7 Å². The van der Waals surface area contributed by atoms with Gasteiger partial charge in [0, 0.05) is 18.6 Å². The first kappa shape index (κ1) is 16.1. The molecule has 1 aliphatic heterocycles. The van der Waals surface area contributed by atoms with E-state index in [1.807, 2.05) is 13.0 Å². The van der Waals surface area contributed by atoms with Crippen molar-refractivity contribution in [3.63, 3.8) is 0 Å². The summed E-state index contributed by atoms with van der Waals surface area (Å²) in [5, 5.41) is 2.40. The molecule has 0 bridgehead atoms. The van der Waals surface area contributed by atoms with Gasteiger partial charge in [-0.25, -0.2) is 5.01 Å². The fourth-order valence-electron chi connectivity index (χ4n) is 3.01. The van der Waals surface area contributed by atoms with Crippen LogP contribution < -0.4 is 14.9 Å². The lowest BCUT2D eigenvalue weighted by Gasteiger charge is -2.39. The van der Waals surface area contributed by atoms with Gasteiger partial charge in [-0.1, -0.05) is 12.5 Å². The van der Waals surface area contributed by atoms with Gasteiger partial charge in [0.15, 0.2) is 11.5 Å². The molecule has 0 aliphatic carbocycles. The smallest absolute Gasteiger partial charge is 0.161 e. The molecule has 0 saturated carbocycles. The third-order valence-corrected chi connectivity index (χ3v) is 4.19. The summed E-state index contributed by atoms with van der Waals surface area (Å²) in [4.78, 5) is 0. The molecule has 1 fully saturated rings. The molecule has 1 N–H and O–H groups in total. The second-order valence-corrected chi connectivity index (χ2v) is 5.79. The highest BCUT2D eigenvalue weighted by molar-refractivity contribution is 5.42. The zero-order valence-corrected chi connectivity index (χ0v) is 13.7. The lowest BCUT2D eigenvalue weighted by atomic mass is 10.00. The van der Waals surface area contributed by atoms with Gasteiger partial charge >= 0.3 is 0 Å². The van der Waals surface area contributed by atoms with Crippen molar-refractivity contribution in [3.8, 4) is 11.5 Å². The van der Waals surface area contributed by atoms with Crippen LogP contribution in [0.1, 0.15) is 45.6 Å². The van der Waals surface area contributed by atoms with E-state index in [-0.39, 0.29) is 0 Å². The summed E-state index contributed by atoms with van der Waals surface area (Å²) in [5.74, 6) is 1.61. The lowest BCUT2D eigenvalue weighted by molar-refractivity contribution is 0.0435. The Labute approximate surface area is 128 Å². The summed E-state index contributed by atoms with van der Waals surface area (Å²) >= 11 is 0. The molecule has 118 valence electrons. The highest BCUT2D eigenvalue weighted by Gasteiger charge is 2.24.